The van der Waals surface area contributed by atoms with Crippen LogP contribution in [0.1, 0.15) is 42.6 Å². The van der Waals surface area contributed by atoms with Crippen molar-refractivity contribution >= 4 is 11.6 Å². The predicted molar refractivity (Wildman–Crippen MR) is 110 cm³/mol. The van der Waals surface area contributed by atoms with Crippen LogP contribution in [0.4, 0.5) is 0 Å². The molecule has 2 aliphatic heterocycles. The molecule has 0 spiro atoms. The number of rotatable bonds is 5. The van der Waals surface area contributed by atoms with Crippen LogP contribution in [0.15, 0.2) is 42.5 Å². The highest BCUT2D eigenvalue weighted by atomic mass is 35.5. The van der Waals surface area contributed by atoms with Crippen molar-refractivity contribution in [1.82, 2.24) is 0 Å². The molecule has 0 aromatic heterocycles. The van der Waals surface area contributed by atoms with Gasteiger partial charge in [-0.3, -0.25) is 0 Å². The van der Waals surface area contributed by atoms with Gasteiger partial charge in [-0.05, 0) is 48.2 Å². The summed E-state index contributed by atoms with van der Waals surface area (Å²) in [6.45, 7) is 3.19. The van der Waals surface area contributed by atoms with Gasteiger partial charge in [0.2, 0.25) is 0 Å². The maximum Gasteiger partial charge on any atom is 0.124 e. The molecule has 0 saturated carbocycles. The van der Waals surface area contributed by atoms with Crippen LogP contribution in [-0.2, 0) is 15.9 Å². The van der Waals surface area contributed by atoms with Gasteiger partial charge in [-0.15, -0.1) is 0 Å². The van der Waals surface area contributed by atoms with E-state index in [1.165, 1.54) is 0 Å². The normalized spacial score (nSPS) is 29.7. The summed E-state index contributed by atoms with van der Waals surface area (Å²) < 4.78 is 17.2. The van der Waals surface area contributed by atoms with Crippen LogP contribution in [0.3, 0.4) is 0 Å². The van der Waals surface area contributed by atoms with E-state index in [-0.39, 0.29) is 12.2 Å². The van der Waals surface area contributed by atoms with Crippen LogP contribution >= 0.6 is 11.6 Å². The molecule has 0 aliphatic carbocycles. The lowest BCUT2D eigenvalue weighted by Gasteiger charge is -2.35. The number of halogens is 1. The quantitative estimate of drug-likeness (QED) is 0.775. The Morgan fingerprint density at radius 3 is 2.62 bits per heavy atom. The Bertz CT molecular complexity index is 807. The first-order valence-corrected chi connectivity index (χ1v) is 10.5. The molecule has 0 amide bonds. The zero-order chi connectivity index (χ0) is 20.4. The summed E-state index contributed by atoms with van der Waals surface area (Å²) in [7, 11) is 0. The molecule has 2 aromatic rings. The summed E-state index contributed by atoms with van der Waals surface area (Å²) >= 11 is 6.44. The third-order valence-electron chi connectivity index (χ3n) is 5.66. The summed E-state index contributed by atoms with van der Waals surface area (Å²) in [5.41, 5.74) is 3.09. The number of benzene rings is 2. The van der Waals surface area contributed by atoms with Crippen LogP contribution in [0.25, 0.3) is 0 Å². The lowest BCUT2D eigenvalue weighted by Crippen LogP contribution is -2.43. The minimum absolute atomic E-state index is 0.138. The molecule has 2 aliphatic rings. The fourth-order valence-electron chi connectivity index (χ4n) is 3.92. The van der Waals surface area contributed by atoms with E-state index in [9.17, 15) is 10.2 Å². The van der Waals surface area contributed by atoms with Gasteiger partial charge in [-0.1, -0.05) is 35.9 Å². The summed E-state index contributed by atoms with van der Waals surface area (Å²) in [6.07, 6.45) is -0.202. The van der Waals surface area contributed by atoms with E-state index < -0.39 is 18.3 Å². The average Bonchev–Trinajstić information content (AvgIpc) is 3.22. The molecule has 2 aromatic carbocycles. The van der Waals surface area contributed by atoms with E-state index in [0.29, 0.717) is 24.5 Å². The highest BCUT2D eigenvalue weighted by molar-refractivity contribution is 6.31. The molecule has 29 heavy (non-hydrogen) atoms. The Morgan fingerprint density at radius 2 is 1.93 bits per heavy atom. The van der Waals surface area contributed by atoms with Crippen molar-refractivity contribution in [1.29, 1.82) is 0 Å². The van der Waals surface area contributed by atoms with Crippen LogP contribution in [-0.4, -0.2) is 47.8 Å². The minimum Gasteiger partial charge on any atom is -0.488 e. The summed E-state index contributed by atoms with van der Waals surface area (Å²) in [6, 6.07) is 13.9. The third kappa shape index (κ3) is 4.93. The second-order valence-electron chi connectivity index (χ2n) is 7.90. The van der Waals surface area contributed by atoms with Gasteiger partial charge in [0.05, 0.1) is 31.5 Å². The lowest BCUT2D eigenvalue weighted by atomic mass is 9.93. The highest BCUT2D eigenvalue weighted by Gasteiger charge is 2.34. The van der Waals surface area contributed by atoms with Gasteiger partial charge < -0.3 is 24.4 Å². The van der Waals surface area contributed by atoms with E-state index in [0.717, 1.165) is 35.5 Å². The molecule has 6 heteroatoms. The Kier molecular flexibility index (Phi) is 6.42. The maximum absolute atomic E-state index is 10.1. The molecule has 2 saturated heterocycles. The van der Waals surface area contributed by atoms with Crippen molar-refractivity contribution in [3.8, 4) is 5.75 Å². The van der Waals surface area contributed by atoms with Gasteiger partial charge in [0, 0.05) is 17.9 Å². The number of hydrogen-bond donors (Lipinski definition) is 2. The number of aliphatic hydroxyl groups is 2. The summed E-state index contributed by atoms with van der Waals surface area (Å²) in [5.74, 6) is 0.848. The Hall–Kier alpha value is -1.63. The van der Waals surface area contributed by atoms with E-state index in [1.807, 2.05) is 42.5 Å². The Balaban J connectivity index is 1.45. The van der Waals surface area contributed by atoms with E-state index in [4.69, 9.17) is 25.8 Å². The molecule has 4 rings (SSSR count). The number of hydrogen-bond acceptors (Lipinski definition) is 5. The fraction of sp³-hybridized carbons (Fsp3) is 0.478. The SMILES string of the molecule is CC1OC(c2ccc(Cl)c(Cc3ccc(O[C@H]4CCOC4)cc3)c2)CC(O)C1O. The van der Waals surface area contributed by atoms with Gasteiger partial charge in [-0.2, -0.15) is 0 Å². The first-order chi connectivity index (χ1) is 14.0. The van der Waals surface area contributed by atoms with Gasteiger partial charge in [0.1, 0.15) is 18.0 Å². The van der Waals surface area contributed by atoms with Crippen LogP contribution in [0.5, 0.6) is 5.75 Å². The molecule has 2 fully saturated rings. The topological polar surface area (TPSA) is 68.2 Å². The molecule has 0 bridgehead atoms. The van der Waals surface area contributed by atoms with Gasteiger partial charge in [0.15, 0.2) is 0 Å². The Morgan fingerprint density at radius 1 is 1.14 bits per heavy atom. The van der Waals surface area contributed by atoms with E-state index >= 15 is 0 Å². The van der Waals surface area contributed by atoms with Crippen molar-refractivity contribution in [3.05, 3.63) is 64.2 Å². The zero-order valence-corrected chi connectivity index (χ0v) is 17.2. The second-order valence-corrected chi connectivity index (χ2v) is 8.31. The molecule has 2 N–H and O–H groups in total. The molecule has 2 heterocycles. The van der Waals surface area contributed by atoms with Crippen LogP contribution in [0.2, 0.25) is 5.02 Å². The predicted octanol–water partition coefficient (Wildman–Crippen LogP) is 3.67. The van der Waals surface area contributed by atoms with Crippen molar-refractivity contribution in [2.75, 3.05) is 13.2 Å². The zero-order valence-electron chi connectivity index (χ0n) is 16.5. The van der Waals surface area contributed by atoms with Gasteiger partial charge in [-0.25, -0.2) is 0 Å². The Labute approximate surface area is 176 Å². The first kappa shape index (κ1) is 20.6. The number of aliphatic hydroxyl groups excluding tert-OH is 2. The summed E-state index contributed by atoms with van der Waals surface area (Å²) in [4.78, 5) is 0. The summed E-state index contributed by atoms with van der Waals surface area (Å²) in [5, 5.41) is 20.7. The first-order valence-electron chi connectivity index (χ1n) is 10.1. The number of ether oxygens (including phenoxy) is 3. The standard InChI is InChI=1S/C23H27ClO5/c1-14-23(26)21(25)12-22(28-14)16-4-7-20(24)17(11-16)10-15-2-5-18(6-3-15)29-19-8-9-27-13-19/h2-7,11,14,19,21-23,25-26H,8-10,12-13H2,1H3/t14?,19-,21?,22?,23?/m0/s1. The minimum atomic E-state index is -0.852. The maximum atomic E-state index is 10.1. The van der Waals surface area contributed by atoms with E-state index in [1.54, 1.807) is 6.92 Å². The van der Waals surface area contributed by atoms with Crippen molar-refractivity contribution < 1.29 is 24.4 Å². The lowest BCUT2D eigenvalue weighted by molar-refractivity contribution is -0.163. The van der Waals surface area contributed by atoms with Gasteiger partial charge >= 0.3 is 0 Å². The fourth-order valence-corrected chi connectivity index (χ4v) is 4.10. The molecule has 0 radical (unpaired) electrons. The molecule has 5 nitrogen and oxygen atoms in total. The molecule has 4 unspecified atom stereocenters. The third-order valence-corrected chi connectivity index (χ3v) is 6.03. The van der Waals surface area contributed by atoms with Crippen molar-refractivity contribution in [2.24, 2.45) is 0 Å². The molecular weight excluding hydrogens is 392 g/mol. The smallest absolute Gasteiger partial charge is 0.124 e. The van der Waals surface area contributed by atoms with Crippen LogP contribution < -0.4 is 4.74 Å². The largest absolute Gasteiger partial charge is 0.488 e. The monoisotopic (exact) mass is 418 g/mol. The average molecular weight is 419 g/mol. The molecule has 5 atom stereocenters. The second kappa shape index (κ2) is 9.02. The van der Waals surface area contributed by atoms with Crippen molar-refractivity contribution in [3.63, 3.8) is 0 Å². The van der Waals surface area contributed by atoms with Crippen molar-refractivity contribution in [2.45, 2.75) is 56.7 Å². The van der Waals surface area contributed by atoms with Crippen LogP contribution in [0, 0.1) is 0 Å². The van der Waals surface area contributed by atoms with E-state index in [2.05, 4.69) is 0 Å². The molecule has 156 valence electrons. The van der Waals surface area contributed by atoms with Gasteiger partial charge in [0.25, 0.3) is 0 Å². The molecular formula is C23H27ClO5. The highest BCUT2D eigenvalue weighted by Crippen LogP contribution is 2.34.